The van der Waals surface area contributed by atoms with Crippen LogP contribution in [0.3, 0.4) is 0 Å². The molecule has 6 heteroatoms. The van der Waals surface area contributed by atoms with E-state index in [1.807, 2.05) is 29.8 Å². The van der Waals surface area contributed by atoms with Crippen LogP contribution >= 0.6 is 0 Å². The van der Waals surface area contributed by atoms with Gasteiger partial charge in [-0.05, 0) is 19.1 Å². The molecule has 1 saturated heterocycles. The molecule has 1 N–H and O–H groups in total. The average Bonchev–Trinajstić information content (AvgIpc) is 2.82. The largest absolute Gasteiger partial charge is 0.379 e. The summed E-state index contributed by atoms with van der Waals surface area (Å²) in [5.74, 6) is 0.891. The normalized spacial score (nSPS) is 16.9. The number of anilines is 1. The van der Waals surface area contributed by atoms with E-state index < -0.39 is 0 Å². The summed E-state index contributed by atoms with van der Waals surface area (Å²) in [6.45, 7) is 7.66. The number of aromatic nitrogens is 3. The van der Waals surface area contributed by atoms with Crippen LogP contribution in [0.1, 0.15) is 5.69 Å². The zero-order chi connectivity index (χ0) is 13.1. The lowest BCUT2D eigenvalue weighted by Gasteiger charge is -2.26. The Bertz CT molecular complexity index is 547. The first-order valence-corrected chi connectivity index (χ1v) is 6.68. The van der Waals surface area contributed by atoms with Crippen molar-refractivity contribution in [3.8, 4) is 0 Å². The summed E-state index contributed by atoms with van der Waals surface area (Å²) in [6, 6.07) is 3.96. The molecule has 3 heterocycles. The molecule has 19 heavy (non-hydrogen) atoms. The van der Waals surface area contributed by atoms with Gasteiger partial charge < -0.3 is 10.1 Å². The van der Waals surface area contributed by atoms with Crippen LogP contribution in [-0.4, -0.2) is 58.9 Å². The molecule has 1 fully saturated rings. The molecule has 0 unspecified atom stereocenters. The quantitative estimate of drug-likeness (QED) is 0.881. The van der Waals surface area contributed by atoms with Gasteiger partial charge in [-0.1, -0.05) is 0 Å². The van der Waals surface area contributed by atoms with E-state index in [9.17, 15) is 0 Å². The minimum Gasteiger partial charge on any atom is -0.379 e. The molecule has 0 radical (unpaired) electrons. The molecule has 3 rings (SSSR count). The topological polar surface area (TPSA) is 54.7 Å². The van der Waals surface area contributed by atoms with Crippen LogP contribution < -0.4 is 5.32 Å². The van der Waals surface area contributed by atoms with E-state index in [0.29, 0.717) is 0 Å². The van der Waals surface area contributed by atoms with Crippen molar-refractivity contribution in [2.45, 2.75) is 6.92 Å². The van der Waals surface area contributed by atoms with E-state index in [2.05, 4.69) is 20.3 Å². The lowest BCUT2D eigenvalue weighted by Crippen LogP contribution is -2.39. The highest BCUT2D eigenvalue weighted by Crippen LogP contribution is 2.08. The Balaban J connectivity index is 1.57. The van der Waals surface area contributed by atoms with Crippen LogP contribution in [0.4, 0.5) is 5.82 Å². The highest BCUT2D eigenvalue weighted by Gasteiger charge is 2.09. The van der Waals surface area contributed by atoms with Gasteiger partial charge in [-0.2, -0.15) is 0 Å². The van der Waals surface area contributed by atoms with E-state index in [0.717, 1.165) is 56.6 Å². The fourth-order valence-electron chi connectivity index (χ4n) is 2.25. The lowest BCUT2D eigenvalue weighted by molar-refractivity contribution is 0.0398. The van der Waals surface area contributed by atoms with Crippen molar-refractivity contribution in [1.82, 2.24) is 19.5 Å². The highest BCUT2D eigenvalue weighted by atomic mass is 16.5. The van der Waals surface area contributed by atoms with Crippen LogP contribution in [0.2, 0.25) is 0 Å². The van der Waals surface area contributed by atoms with Gasteiger partial charge in [0, 0.05) is 26.2 Å². The molecule has 6 nitrogen and oxygen atoms in total. The minimum absolute atomic E-state index is 0.846. The third-order valence-electron chi connectivity index (χ3n) is 3.37. The van der Waals surface area contributed by atoms with Gasteiger partial charge in [-0.25, -0.2) is 9.50 Å². The third kappa shape index (κ3) is 2.85. The van der Waals surface area contributed by atoms with Crippen molar-refractivity contribution in [2.75, 3.05) is 44.7 Å². The summed E-state index contributed by atoms with van der Waals surface area (Å²) in [5, 5.41) is 7.88. The van der Waals surface area contributed by atoms with Gasteiger partial charge in [0.2, 0.25) is 0 Å². The second-order valence-electron chi connectivity index (χ2n) is 4.77. The Kier molecular flexibility index (Phi) is 3.61. The molecule has 0 aliphatic carbocycles. The monoisotopic (exact) mass is 261 g/mol. The molecule has 0 spiro atoms. The SMILES string of the molecule is Cc1cnc2ccc(NCCN3CCOCC3)nn12. The Morgan fingerprint density at radius 1 is 1.32 bits per heavy atom. The minimum atomic E-state index is 0.846. The maximum absolute atomic E-state index is 5.33. The number of hydrogen-bond acceptors (Lipinski definition) is 5. The highest BCUT2D eigenvalue weighted by molar-refractivity contribution is 5.45. The van der Waals surface area contributed by atoms with Crippen LogP contribution in [0.15, 0.2) is 18.3 Å². The molecule has 0 amide bonds. The Hall–Kier alpha value is -1.66. The van der Waals surface area contributed by atoms with Crippen molar-refractivity contribution in [3.05, 3.63) is 24.0 Å². The van der Waals surface area contributed by atoms with E-state index in [1.165, 1.54) is 0 Å². The van der Waals surface area contributed by atoms with E-state index >= 15 is 0 Å². The van der Waals surface area contributed by atoms with E-state index in [-0.39, 0.29) is 0 Å². The standard InChI is InChI=1S/C13H19N5O/c1-11-10-15-13-3-2-12(16-18(11)13)14-4-5-17-6-8-19-9-7-17/h2-3,10H,4-9H2,1H3,(H,14,16). The van der Waals surface area contributed by atoms with Crippen molar-refractivity contribution in [1.29, 1.82) is 0 Å². The van der Waals surface area contributed by atoms with Gasteiger partial charge in [0.05, 0.1) is 25.1 Å². The van der Waals surface area contributed by atoms with Crippen molar-refractivity contribution in [3.63, 3.8) is 0 Å². The smallest absolute Gasteiger partial charge is 0.153 e. The van der Waals surface area contributed by atoms with Gasteiger partial charge in [-0.3, -0.25) is 4.90 Å². The number of nitrogens with zero attached hydrogens (tertiary/aromatic N) is 4. The molecule has 0 aromatic carbocycles. The second kappa shape index (κ2) is 5.54. The summed E-state index contributed by atoms with van der Waals surface area (Å²) >= 11 is 0. The van der Waals surface area contributed by atoms with Gasteiger partial charge >= 0.3 is 0 Å². The first-order chi connectivity index (χ1) is 9.33. The van der Waals surface area contributed by atoms with Gasteiger partial charge in [-0.15, -0.1) is 5.10 Å². The van der Waals surface area contributed by atoms with Crippen molar-refractivity contribution in [2.24, 2.45) is 0 Å². The van der Waals surface area contributed by atoms with Gasteiger partial charge in [0.15, 0.2) is 5.65 Å². The number of hydrogen-bond donors (Lipinski definition) is 1. The zero-order valence-corrected chi connectivity index (χ0v) is 11.2. The molecule has 102 valence electrons. The molecule has 1 aliphatic heterocycles. The van der Waals surface area contributed by atoms with Crippen LogP contribution in [0, 0.1) is 6.92 Å². The van der Waals surface area contributed by atoms with Crippen LogP contribution in [-0.2, 0) is 4.74 Å². The number of rotatable bonds is 4. The summed E-state index contributed by atoms with van der Waals surface area (Å²) in [7, 11) is 0. The molecular formula is C13H19N5O. The summed E-state index contributed by atoms with van der Waals surface area (Å²) < 4.78 is 7.19. The van der Waals surface area contributed by atoms with Gasteiger partial charge in [0.25, 0.3) is 0 Å². The molecule has 0 saturated carbocycles. The van der Waals surface area contributed by atoms with Crippen molar-refractivity contribution < 1.29 is 4.74 Å². The number of ether oxygens (including phenoxy) is 1. The molecular weight excluding hydrogens is 242 g/mol. The summed E-state index contributed by atoms with van der Waals surface area (Å²) in [6.07, 6.45) is 1.83. The zero-order valence-electron chi connectivity index (χ0n) is 11.2. The molecule has 0 atom stereocenters. The molecule has 2 aromatic heterocycles. The fourth-order valence-corrected chi connectivity index (χ4v) is 2.25. The number of imidazole rings is 1. The van der Waals surface area contributed by atoms with Gasteiger partial charge in [0.1, 0.15) is 5.82 Å². The molecule has 2 aromatic rings. The number of fused-ring (bicyclic) bond motifs is 1. The number of morpholine rings is 1. The van der Waals surface area contributed by atoms with Crippen molar-refractivity contribution >= 4 is 11.5 Å². The molecule has 0 bridgehead atoms. The van der Waals surface area contributed by atoms with Crippen LogP contribution in [0.25, 0.3) is 5.65 Å². The Morgan fingerprint density at radius 2 is 2.16 bits per heavy atom. The molecule has 1 aliphatic rings. The van der Waals surface area contributed by atoms with E-state index in [4.69, 9.17) is 4.74 Å². The number of aryl methyl sites for hydroxylation is 1. The Morgan fingerprint density at radius 3 is 3.00 bits per heavy atom. The maximum Gasteiger partial charge on any atom is 0.153 e. The summed E-state index contributed by atoms with van der Waals surface area (Å²) in [4.78, 5) is 6.66. The number of nitrogens with one attached hydrogen (secondary N) is 1. The van der Waals surface area contributed by atoms with E-state index in [1.54, 1.807) is 0 Å². The lowest BCUT2D eigenvalue weighted by atomic mass is 10.4. The third-order valence-corrected chi connectivity index (χ3v) is 3.37. The average molecular weight is 261 g/mol. The first kappa shape index (κ1) is 12.4. The second-order valence-corrected chi connectivity index (χ2v) is 4.77. The fraction of sp³-hybridized carbons (Fsp3) is 0.538. The first-order valence-electron chi connectivity index (χ1n) is 6.68. The Labute approximate surface area is 112 Å². The van der Waals surface area contributed by atoms with Crippen LogP contribution in [0.5, 0.6) is 0 Å². The summed E-state index contributed by atoms with van der Waals surface area (Å²) in [5.41, 5.74) is 1.93. The predicted molar refractivity (Wildman–Crippen MR) is 73.5 cm³/mol. The maximum atomic E-state index is 5.33. The predicted octanol–water partition coefficient (Wildman–Crippen LogP) is 0.782.